The van der Waals surface area contributed by atoms with Crippen molar-refractivity contribution in [2.24, 2.45) is 5.92 Å². The van der Waals surface area contributed by atoms with Crippen molar-refractivity contribution >= 4 is 56.9 Å². The second kappa shape index (κ2) is 8.71. The first-order chi connectivity index (χ1) is 14.1. The van der Waals surface area contributed by atoms with Gasteiger partial charge in [-0.25, -0.2) is 9.97 Å². The molecule has 4 rings (SSSR count). The number of carbonyl (C=O) groups is 2. The molecule has 1 fully saturated rings. The first-order valence-electron chi connectivity index (χ1n) is 9.33. The van der Waals surface area contributed by atoms with Crippen LogP contribution < -0.4 is 5.32 Å². The van der Waals surface area contributed by atoms with Crippen molar-refractivity contribution < 1.29 is 9.59 Å². The van der Waals surface area contributed by atoms with E-state index in [-0.39, 0.29) is 17.7 Å². The summed E-state index contributed by atoms with van der Waals surface area (Å²) in [5.74, 6) is 0.223. The van der Waals surface area contributed by atoms with Crippen LogP contribution in [0, 0.1) is 5.92 Å². The van der Waals surface area contributed by atoms with Gasteiger partial charge in [0.05, 0.1) is 15.2 Å². The Kier molecular flexibility index (Phi) is 5.87. The number of likely N-dealkylation sites (tertiary alicyclic amines) is 1. The lowest BCUT2D eigenvalue weighted by atomic mass is 9.96. The van der Waals surface area contributed by atoms with E-state index in [1.165, 1.54) is 6.20 Å². The summed E-state index contributed by atoms with van der Waals surface area (Å²) >= 11 is 7.36. The van der Waals surface area contributed by atoms with Gasteiger partial charge in [0, 0.05) is 31.3 Å². The minimum Gasteiger partial charge on any atom is -0.339 e. The van der Waals surface area contributed by atoms with Gasteiger partial charge in [0.1, 0.15) is 10.8 Å². The molecule has 0 unspecified atom stereocenters. The van der Waals surface area contributed by atoms with E-state index in [1.807, 2.05) is 24.3 Å². The number of rotatable bonds is 4. The third kappa shape index (κ3) is 4.81. The van der Waals surface area contributed by atoms with E-state index in [1.54, 1.807) is 40.5 Å². The quantitative estimate of drug-likeness (QED) is 0.633. The van der Waals surface area contributed by atoms with Gasteiger partial charge in [-0.1, -0.05) is 23.7 Å². The van der Waals surface area contributed by atoms with Crippen molar-refractivity contribution in [2.75, 3.05) is 18.4 Å². The van der Waals surface area contributed by atoms with Gasteiger partial charge in [-0.3, -0.25) is 9.59 Å². The van der Waals surface area contributed by atoms with Crippen LogP contribution in [0.4, 0.5) is 5.82 Å². The van der Waals surface area contributed by atoms with Gasteiger partial charge in [0.15, 0.2) is 0 Å². The number of nitrogens with one attached hydrogen (secondary N) is 1. The Morgan fingerprint density at radius 1 is 1.17 bits per heavy atom. The molecule has 1 aromatic carbocycles. The summed E-state index contributed by atoms with van der Waals surface area (Å²) in [5, 5.41) is 4.14. The second-order valence-corrected chi connectivity index (χ2v) is 8.30. The molecule has 2 amide bonds. The smallest absolute Gasteiger partial charge is 0.246 e. The van der Waals surface area contributed by atoms with Crippen LogP contribution in [-0.4, -0.2) is 39.8 Å². The van der Waals surface area contributed by atoms with E-state index in [0.29, 0.717) is 36.8 Å². The summed E-state index contributed by atoms with van der Waals surface area (Å²) in [7, 11) is 0. The van der Waals surface area contributed by atoms with Gasteiger partial charge in [-0.05, 0) is 43.2 Å². The lowest BCUT2D eigenvalue weighted by molar-refractivity contribution is -0.130. The average Bonchev–Trinajstić information content (AvgIpc) is 3.17. The number of benzene rings is 1. The summed E-state index contributed by atoms with van der Waals surface area (Å²) in [4.78, 5) is 35.3. The van der Waals surface area contributed by atoms with Crippen LogP contribution in [0.1, 0.15) is 17.8 Å². The largest absolute Gasteiger partial charge is 0.339 e. The lowest BCUT2D eigenvalue weighted by Crippen LogP contribution is -2.40. The molecule has 0 saturated carbocycles. The number of nitrogens with zero attached hydrogens (tertiary/aromatic N) is 3. The SMILES string of the molecule is O=C(Nc1ccc(Cl)cn1)C1CCN(C(=O)/C=C/c2nc3ccccc3s2)CC1. The maximum atomic E-state index is 12.5. The minimum atomic E-state index is -0.134. The topological polar surface area (TPSA) is 75.2 Å². The van der Waals surface area contributed by atoms with Crippen molar-refractivity contribution in [3.8, 4) is 0 Å². The summed E-state index contributed by atoms with van der Waals surface area (Å²) in [5.41, 5.74) is 0.937. The van der Waals surface area contributed by atoms with Crippen LogP contribution >= 0.6 is 22.9 Å². The number of fused-ring (bicyclic) bond motifs is 1. The van der Waals surface area contributed by atoms with E-state index < -0.39 is 0 Å². The zero-order chi connectivity index (χ0) is 20.2. The number of anilines is 1. The lowest BCUT2D eigenvalue weighted by Gasteiger charge is -2.30. The highest BCUT2D eigenvalue weighted by atomic mass is 35.5. The average molecular weight is 427 g/mol. The number of hydrogen-bond acceptors (Lipinski definition) is 5. The van der Waals surface area contributed by atoms with Crippen LogP contribution in [0.25, 0.3) is 16.3 Å². The fourth-order valence-electron chi connectivity index (χ4n) is 3.25. The Morgan fingerprint density at radius 2 is 1.97 bits per heavy atom. The van der Waals surface area contributed by atoms with E-state index in [4.69, 9.17) is 11.6 Å². The number of pyridine rings is 1. The van der Waals surface area contributed by atoms with Crippen LogP contribution in [0.5, 0.6) is 0 Å². The van der Waals surface area contributed by atoms with Gasteiger partial charge in [-0.2, -0.15) is 0 Å². The molecule has 6 nitrogen and oxygen atoms in total. The predicted molar refractivity (Wildman–Crippen MR) is 116 cm³/mol. The molecule has 0 aliphatic carbocycles. The molecule has 8 heteroatoms. The molecule has 0 atom stereocenters. The van der Waals surface area contributed by atoms with Gasteiger partial charge in [-0.15, -0.1) is 11.3 Å². The highest BCUT2D eigenvalue weighted by molar-refractivity contribution is 7.19. The summed E-state index contributed by atoms with van der Waals surface area (Å²) in [6.07, 6.45) is 6.07. The number of hydrogen-bond donors (Lipinski definition) is 1. The first kappa shape index (κ1) is 19.5. The maximum absolute atomic E-state index is 12.5. The minimum absolute atomic E-state index is 0.0533. The molecule has 1 aliphatic rings. The predicted octanol–water partition coefficient (Wildman–Crippen LogP) is 4.24. The Bertz CT molecular complexity index is 1020. The van der Waals surface area contributed by atoms with Crippen LogP contribution in [0.2, 0.25) is 5.02 Å². The number of piperidine rings is 1. The van der Waals surface area contributed by atoms with E-state index >= 15 is 0 Å². The normalized spacial score (nSPS) is 15.1. The molecule has 3 aromatic rings. The molecule has 0 spiro atoms. The van der Waals surface area contributed by atoms with Crippen molar-refractivity contribution in [1.82, 2.24) is 14.9 Å². The zero-order valence-electron chi connectivity index (χ0n) is 15.5. The second-order valence-electron chi connectivity index (χ2n) is 6.80. The molecule has 1 aliphatic heterocycles. The summed E-state index contributed by atoms with van der Waals surface area (Å²) in [6.45, 7) is 1.10. The molecular weight excluding hydrogens is 408 g/mol. The first-order valence-corrected chi connectivity index (χ1v) is 10.5. The molecule has 3 heterocycles. The Balaban J connectivity index is 1.29. The molecule has 0 radical (unpaired) electrons. The van der Waals surface area contributed by atoms with Crippen LogP contribution in [-0.2, 0) is 9.59 Å². The van der Waals surface area contributed by atoms with Gasteiger partial charge in [0.2, 0.25) is 11.8 Å². The number of thiazole rings is 1. The number of amides is 2. The Hall–Kier alpha value is -2.77. The number of para-hydroxylation sites is 1. The third-order valence-corrected chi connectivity index (χ3v) is 6.06. The third-order valence-electron chi connectivity index (χ3n) is 4.83. The molecule has 148 valence electrons. The monoisotopic (exact) mass is 426 g/mol. The molecule has 2 aromatic heterocycles. The highest BCUT2D eigenvalue weighted by Gasteiger charge is 2.26. The van der Waals surface area contributed by atoms with Gasteiger partial charge >= 0.3 is 0 Å². The van der Waals surface area contributed by atoms with E-state index in [2.05, 4.69) is 15.3 Å². The Morgan fingerprint density at radius 3 is 2.69 bits per heavy atom. The molecule has 1 saturated heterocycles. The van der Waals surface area contributed by atoms with Crippen LogP contribution in [0.15, 0.2) is 48.7 Å². The van der Waals surface area contributed by atoms with E-state index in [9.17, 15) is 9.59 Å². The Labute approximate surface area is 177 Å². The maximum Gasteiger partial charge on any atom is 0.246 e. The highest BCUT2D eigenvalue weighted by Crippen LogP contribution is 2.23. The van der Waals surface area contributed by atoms with Gasteiger partial charge in [0.25, 0.3) is 0 Å². The fraction of sp³-hybridized carbons (Fsp3) is 0.238. The zero-order valence-corrected chi connectivity index (χ0v) is 17.1. The number of aromatic nitrogens is 2. The number of halogens is 1. The standard InChI is InChI=1S/C21H19ClN4O2S/c22-15-5-6-18(23-13-15)25-21(28)14-9-11-26(12-10-14)20(27)8-7-19-24-16-3-1-2-4-17(16)29-19/h1-8,13-14H,9-12H2,(H,23,25,28)/b8-7+. The molecule has 1 N–H and O–H groups in total. The summed E-state index contributed by atoms with van der Waals surface area (Å²) < 4.78 is 1.10. The molecule has 29 heavy (non-hydrogen) atoms. The molecule has 0 bridgehead atoms. The van der Waals surface area contributed by atoms with Crippen LogP contribution in [0.3, 0.4) is 0 Å². The summed E-state index contributed by atoms with van der Waals surface area (Å²) in [6, 6.07) is 11.3. The van der Waals surface area contributed by atoms with Crippen molar-refractivity contribution in [2.45, 2.75) is 12.8 Å². The number of carbonyl (C=O) groups excluding carboxylic acids is 2. The van der Waals surface area contributed by atoms with Crippen molar-refractivity contribution in [3.05, 3.63) is 58.7 Å². The van der Waals surface area contributed by atoms with Gasteiger partial charge < -0.3 is 10.2 Å². The van der Waals surface area contributed by atoms with Crippen molar-refractivity contribution in [1.29, 1.82) is 0 Å². The fourth-order valence-corrected chi connectivity index (χ4v) is 4.23. The van der Waals surface area contributed by atoms with Crippen molar-refractivity contribution in [3.63, 3.8) is 0 Å². The van der Waals surface area contributed by atoms with E-state index in [0.717, 1.165) is 15.2 Å². The molecular formula is C21H19ClN4O2S.